The number of amides is 1. The molecule has 1 aromatic heterocycles. The molecule has 2 heterocycles. The van der Waals surface area contributed by atoms with E-state index in [2.05, 4.69) is 10.2 Å². The molecule has 0 saturated carbocycles. The molecule has 1 atom stereocenters. The minimum atomic E-state index is -0.390. The first-order valence-electron chi connectivity index (χ1n) is 12.1. The Morgan fingerprint density at radius 1 is 1.00 bits per heavy atom. The van der Waals surface area contributed by atoms with Gasteiger partial charge < -0.3 is 19.5 Å². The lowest BCUT2D eigenvalue weighted by Crippen LogP contribution is -2.31. The van der Waals surface area contributed by atoms with Gasteiger partial charge in [0.05, 0.1) is 12.1 Å². The number of aromatic hydroxyl groups is 1. The van der Waals surface area contributed by atoms with Crippen LogP contribution >= 0.6 is 0 Å². The van der Waals surface area contributed by atoms with E-state index in [9.17, 15) is 9.90 Å². The summed E-state index contributed by atoms with van der Waals surface area (Å²) in [7, 11) is 0. The molecule has 7 nitrogen and oxygen atoms in total. The second kappa shape index (κ2) is 10.3. The number of hydrogen-bond donors (Lipinski definition) is 2. The molecule has 1 aliphatic heterocycles. The van der Waals surface area contributed by atoms with E-state index >= 15 is 0 Å². The van der Waals surface area contributed by atoms with Gasteiger partial charge in [-0.25, -0.2) is 0 Å². The molecule has 184 valence electrons. The molecule has 7 heteroatoms. The second-order valence-electron chi connectivity index (χ2n) is 9.04. The Morgan fingerprint density at radius 2 is 1.75 bits per heavy atom. The topological polar surface area (TPSA) is 87.7 Å². The Labute approximate surface area is 210 Å². The number of hydrogen-bond acceptors (Lipinski definition) is 5. The summed E-state index contributed by atoms with van der Waals surface area (Å²) in [6.07, 6.45) is 0.830. The minimum absolute atomic E-state index is 0.114. The zero-order valence-electron chi connectivity index (χ0n) is 20.3. The summed E-state index contributed by atoms with van der Waals surface area (Å²) in [4.78, 5) is 15.4. The average Bonchev–Trinajstić information content (AvgIpc) is 3.41. The van der Waals surface area contributed by atoms with Gasteiger partial charge in [0, 0.05) is 24.3 Å². The van der Waals surface area contributed by atoms with Crippen molar-refractivity contribution in [2.75, 3.05) is 13.2 Å². The summed E-state index contributed by atoms with van der Waals surface area (Å²) >= 11 is 0. The number of carbonyl (C=O) groups is 1. The first-order chi connectivity index (χ1) is 17.5. The van der Waals surface area contributed by atoms with Crippen LogP contribution in [0, 0.1) is 0 Å². The zero-order chi connectivity index (χ0) is 25.1. The fourth-order valence-corrected chi connectivity index (χ4v) is 4.58. The molecule has 2 N–H and O–H groups in total. The lowest BCUT2D eigenvalue weighted by atomic mass is 9.95. The lowest BCUT2D eigenvalue weighted by molar-refractivity contribution is 0.0601. The van der Waals surface area contributed by atoms with E-state index in [1.165, 1.54) is 0 Å². The maximum atomic E-state index is 13.5. The number of ether oxygens (including phenoxy) is 2. The van der Waals surface area contributed by atoms with Crippen LogP contribution in [-0.4, -0.2) is 45.4 Å². The number of phenols is 1. The van der Waals surface area contributed by atoms with Crippen LogP contribution in [0.3, 0.4) is 0 Å². The Kier molecular flexibility index (Phi) is 6.73. The van der Waals surface area contributed by atoms with E-state index in [1.54, 1.807) is 18.2 Å². The Balaban J connectivity index is 1.54. The number of carbonyl (C=O) groups excluding carboxylic acids is 1. The number of phenolic OH excluding ortho intramolecular Hbond substituents is 1. The molecule has 0 radical (unpaired) electrons. The molecule has 4 aromatic rings. The van der Waals surface area contributed by atoms with Gasteiger partial charge in [-0.1, -0.05) is 42.5 Å². The Hall–Kier alpha value is -4.10. The van der Waals surface area contributed by atoms with Crippen molar-refractivity contribution in [3.05, 3.63) is 95.7 Å². The van der Waals surface area contributed by atoms with E-state index in [0.29, 0.717) is 42.3 Å². The fraction of sp³-hybridized carbons (Fsp3) is 0.241. The highest BCUT2D eigenvalue weighted by Gasteiger charge is 2.42. The molecule has 0 saturated heterocycles. The van der Waals surface area contributed by atoms with Crippen molar-refractivity contribution >= 4 is 5.91 Å². The number of aromatic amines is 1. The maximum Gasteiger partial charge on any atom is 0.273 e. The number of fused-ring (bicyclic) bond motifs is 1. The number of H-pyrrole nitrogens is 1. The van der Waals surface area contributed by atoms with E-state index in [1.807, 2.05) is 79.4 Å². The summed E-state index contributed by atoms with van der Waals surface area (Å²) < 4.78 is 11.8. The highest BCUT2D eigenvalue weighted by atomic mass is 16.5. The smallest absolute Gasteiger partial charge is 0.273 e. The molecular formula is C29H29N3O4. The zero-order valence-corrected chi connectivity index (χ0v) is 20.3. The van der Waals surface area contributed by atoms with Gasteiger partial charge in [-0.3, -0.25) is 9.89 Å². The number of nitrogens with one attached hydrogen (secondary N) is 1. The summed E-state index contributed by atoms with van der Waals surface area (Å²) in [6.45, 7) is 5.07. The molecule has 1 amide bonds. The molecule has 0 aliphatic carbocycles. The largest absolute Gasteiger partial charge is 0.507 e. The third kappa shape index (κ3) is 4.70. The van der Waals surface area contributed by atoms with Crippen molar-refractivity contribution in [3.8, 4) is 28.5 Å². The van der Waals surface area contributed by atoms with Crippen LogP contribution < -0.4 is 4.74 Å². The quantitative estimate of drug-likeness (QED) is 0.288. The minimum Gasteiger partial charge on any atom is -0.507 e. The van der Waals surface area contributed by atoms with Crippen molar-refractivity contribution in [3.63, 3.8) is 0 Å². The van der Waals surface area contributed by atoms with E-state index in [0.717, 1.165) is 16.9 Å². The SMILES string of the molecule is CC(C)OCCCN1C(=O)c2[nH]nc(-c3ccccc3O)c2C1c1cccc(Oc2ccccc2)c1. The van der Waals surface area contributed by atoms with Crippen LogP contribution in [0.1, 0.15) is 47.9 Å². The van der Waals surface area contributed by atoms with Gasteiger partial charge in [-0.05, 0) is 62.2 Å². The van der Waals surface area contributed by atoms with Crippen LogP contribution in [0.5, 0.6) is 17.2 Å². The molecule has 0 bridgehead atoms. The lowest BCUT2D eigenvalue weighted by Gasteiger charge is -2.27. The monoisotopic (exact) mass is 483 g/mol. The first-order valence-corrected chi connectivity index (χ1v) is 12.1. The van der Waals surface area contributed by atoms with Gasteiger partial charge in [0.15, 0.2) is 0 Å². The number of nitrogens with zero attached hydrogens (tertiary/aromatic N) is 2. The first kappa shape index (κ1) is 23.6. The predicted octanol–water partition coefficient (Wildman–Crippen LogP) is 5.93. The Morgan fingerprint density at radius 3 is 2.53 bits per heavy atom. The Bertz CT molecular complexity index is 1350. The van der Waals surface area contributed by atoms with Gasteiger partial charge in [-0.15, -0.1) is 0 Å². The number of rotatable bonds is 9. The van der Waals surface area contributed by atoms with Crippen LogP contribution in [0.2, 0.25) is 0 Å². The summed E-state index contributed by atoms with van der Waals surface area (Å²) in [5.74, 6) is 1.40. The molecule has 0 fully saturated rings. The van der Waals surface area contributed by atoms with Gasteiger partial charge in [0.1, 0.15) is 28.6 Å². The van der Waals surface area contributed by atoms with Gasteiger partial charge in [0.25, 0.3) is 5.91 Å². The highest BCUT2D eigenvalue weighted by molar-refractivity contribution is 6.00. The van der Waals surface area contributed by atoms with Crippen LogP contribution in [0.25, 0.3) is 11.3 Å². The van der Waals surface area contributed by atoms with Crippen molar-refractivity contribution in [1.29, 1.82) is 0 Å². The van der Waals surface area contributed by atoms with Gasteiger partial charge in [-0.2, -0.15) is 5.10 Å². The maximum absolute atomic E-state index is 13.5. The average molecular weight is 484 g/mol. The standard InChI is InChI=1S/C29H29N3O4/c1-19(2)35-17-9-16-32-28(20-10-8-13-22(18-20)36-21-11-4-3-5-12-21)25-26(30-31-27(25)29(32)34)23-14-6-7-15-24(23)33/h3-8,10-15,18-19,28,33H,9,16-17H2,1-2H3,(H,30,31). The third-order valence-corrected chi connectivity index (χ3v) is 6.17. The summed E-state index contributed by atoms with van der Waals surface area (Å²) in [5.41, 5.74) is 3.24. The van der Waals surface area contributed by atoms with Crippen molar-refractivity contribution in [2.24, 2.45) is 0 Å². The number of para-hydroxylation sites is 2. The normalized spacial score (nSPS) is 14.9. The van der Waals surface area contributed by atoms with E-state index in [4.69, 9.17) is 9.47 Å². The highest BCUT2D eigenvalue weighted by Crippen LogP contribution is 2.45. The van der Waals surface area contributed by atoms with Crippen molar-refractivity contribution < 1.29 is 19.4 Å². The molecule has 1 aliphatic rings. The van der Waals surface area contributed by atoms with Gasteiger partial charge in [0.2, 0.25) is 0 Å². The van der Waals surface area contributed by atoms with Crippen molar-refractivity contribution in [2.45, 2.75) is 32.4 Å². The van der Waals surface area contributed by atoms with Crippen LogP contribution in [0.4, 0.5) is 0 Å². The molecule has 1 unspecified atom stereocenters. The predicted molar refractivity (Wildman–Crippen MR) is 137 cm³/mol. The second-order valence-corrected chi connectivity index (χ2v) is 9.04. The molecule has 0 spiro atoms. The fourth-order valence-electron chi connectivity index (χ4n) is 4.58. The van der Waals surface area contributed by atoms with Gasteiger partial charge >= 0.3 is 0 Å². The molecule has 3 aromatic carbocycles. The molecule has 36 heavy (non-hydrogen) atoms. The molecular weight excluding hydrogens is 454 g/mol. The van der Waals surface area contributed by atoms with E-state index in [-0.39, 0.29) is 23.8 Å². The molecule has 5 rings (SSSR count). The summed E-state index contributed by atoms with van der Waals surface area (Å²) in [5, 5.41) is 17.9. The number of benzene rings is 3. The van der Waals surface area contributed by atoms with Crippen LogP contribution in [-0.2, 0) is 4.74 Å². The third-order valence-electron chi connectivity index (χ3n) is 6.17. The number of aromatic nitrogens is 2. The summed E-state index contributed by atoms with van der Waals surface area (Å²) in [6, 6.07) is 24.0. The van der Waals surface area contributed by atoms with E-state index < -0.39 is 0 Å². The van der Waals surface area contributed by atoms with Crippen LogP contribution in [0.15, 0.2) is 78.9 Å². The van der Waals surface area contributed by atoms with Crippen molar-refractivity contribution in [1.82, 2.24) is 15.1 Å².